The molecule has 2 fully saturated rings. The van der Waals surface area contributed by atoms with Gasteiger partial charge in [-0.15, -0.1) is 0 Å². The van der Waals surface area contributed by atoms with Crippen LogP contribution in [0.25, 0.3) is 0 Å². The first-order chi connectivity index (χ1) is 9.47. The van der Waals surface area contributed by atoms with Gasteiger partial charge in [0.2, 0.25) is 0 Å². The van der Waals surface area contributed by atoms with E-state index in [1.807, 2.05) is 6.92 Å². The predicted octanol–water partition coefficient (Wildman–Crippen LogP) is 1.04. The van der Waals surface area contributed by atoms with Crippen LogP contribution in [-0.2, 0) is 4.79 Å². The number of carboxylic acid groups (broad SMARTS) is 1. The Morgan fingerprint density at radius 1 is 1.25 bits per heavy atom. The molecule has 1 heterocycles. The number of nitrogens with one attached hydrogen (secondary N) is 1. The molecule has 0 bridgehead atoms. The van der Waals surface area contributed by atoms with Gasteiger partial charge in [-0.1, -0.05) is 13.3 Å². The Morgan fingerprint density at radius 3 is 2.65 bits per heavy atom. The molecule has 0 aromatic rings. The van der Waals surface area contributed by atoms with Gasteiger partial charge in [0.15, 0.2) is 0 Å². The molecule has 0 radical (unpaired) electrons. The van der Waals surface area contributed by atoms with Gasteiger partial charge in [-0.3, -0.25) is 4.79 Å². The summed E-state index contributed by atoms with van der Waals surface area (Å²) in [5, 5.41) is 21.8. The summed E-state index contributed by atoms with van der Waals surface area (Å²) in [5.41, 5.74) is 0. The second-order valence-corrected chi connectivity index (χ2v) is 6.13. The number of amides is 2. The van der Waals surface area contributed by atoms with Crippen molar-refractivity contribution in [3.63, 3.8) is 0 Å². The largest absolute Gasteiger partial charge is 0.481 e. The molecule has 3 N–H and O–H groups in total. The monoisotopic (exact) mass is 284 g/mol. The van der Waals surface area contributed by atoms with Gasteiger partial charge >= 0.3 is 12.0 Å². The third-order valence-electron chi connectivity index (χ3n) is 4.56. The first-order valence-electron chi connectivity index (χ1n) is 7.43. The van der Waals surface area contributed by atoms with Crippen molar-refractivity contribution < 1.29 is 19.8 Å². The fourth-order valence-electron chi connectivity index (χ4n) is 3.04. The van der Waals surface area contributed by atoms with Crippen LogP contribution in [0.4, 0.5) is 4.79 Å². The van der Waals surface area contributed by atoms with Crippen molar-refractivity contribution in [3.8, 4) is 0 Å². The van der Waals surface area contributed by atoms with Crippen molar-refractivity contribution in [2.24, 2.45) is 11.8 Å². The maximum atomic E-state index is 12.2. The molecule has 2 rings (SSSR count). The maximum Gasteiger partial charge on any atom is 0.317 e. The van der Waals surface area contributed by atoms with Crippen molar-refractivity contribution in [1.82, 2.24) is 10.2 Å². The maximum absolute atomic E-state index is 12.2. The van der Waals surface area contributed by atoms with E-state index in [1.54, 1.807) is 4.90 Å². The number of carboxylic acids is 1. The third kappa shape index (κ3) is 3.62. The number of β-amino-alcohol motifs (C(OH)–C–C–N with tert-alkyl or cyclic N) is 1. The fourth-order valence-corrected chi connectivity index (χ4v) is 3.04. The number of nitrogens with zero attached hydrogens (tertiary/aromatic N) is 1. The molecule has 0 aromatic carbocycles. The minimum atomic E-state index is -0.772. The number of carbonyl (C=O) groups is 2. The van der Waals surface area contributed by atoms with Crippen LogP contribution in [0.15, 0.2) is 0 Å². The van der Waals surface area contributed by atoms with E-state index in [-0.39, 0.29) is 23.9 Å². The van der Waals surface area contributed by atoms with E-state index < -0.39 is 12.1 Å². The summed E-state index contributed by atoms with van der Waals surface area (Å²) in [5.74, 6) is -0.891. The van der Waals surface area contributed by atoms with Crippen molar-refractivity contribution in [3.05, 3.63) is 0 Å². The van der Waals surface area contributed by atoms with E-state index in [0.717, 1.165) is 19.3 Å². The highest BCUT2D eigenvalue weighted by atomic mass is 16.4. The van der Waals surface area contributed by atoms with Crippen LogP contribution in [0.5, 0.6) is 0 Å². The van der Waals surface area contributed by atoms with Crippen molar-refractivity contribution in [2.75, 3.05) is 13.1 Å². The number of hydrogen-bond donors (Lipinski definition) is 3. The van der Waals surface area contributed by atoms with E-state index in [4.69, 9.17) is 5.11 Å². The number of likely N-dealkylation sites (tertiary alicyclic amines) is 1. The molecule has 2 amide bonds. The Labute approximate surface area is 119 Å². The molecule has 0 spiro atoms. The molecular weight excluding hydrogens is 260 g/mol. The lowest BCUT2D eigenvalue weighted by atomic mass is 9.86. The van der Waals surface area contributed by atoms with Gasteiger partial charge in [-0.25, -0.2) is 4.79 Å². The van der Waals surface area contributed by atoms with E-state index >= 15 is 0 Å². The molecule has 1 saturated heterocycles. The van der Waals surface area contributed by atoms with Crippen LogP contribution in [0, 0.1) is 11.8 Å². The minimum absolute atomic E-state index is 0.0613. The molecule has 1 saturated carbocycles. The van der Waals surface area contributed by atoms with E-state index in [0.29, 0.717) is 25.9 Å². The summed E-state index contributed by atoms with van der Waals surface area (Å²) in [6.45, 7) is 3.00. The van der Waals surface area contributed by atoms with Crippen molar-refractivity contribution >= 4 is 12.0 Å². The number of aliphatic hydroxyl groups is 1. The summed E-state index contributed by atoms with van der Waals surface area (Å²) in [6, 6.07) is -0.235. The highest BCUT2D eigenvalue weighted by Gasteiger charge is 2.31. The number of aliphatic hydroxyl groups excluding tert-OH is 1. The predicted molar refractivity (Wildman–Crippen MR) is 73.3 cm³/mol. The summed E-state index contributed by atoms with van der Waals surface area (Å²) in [6.07, 6.45) is 3.21. The smallest absolute Gasteiger partial charge is 0.317 e. The first kappa shape index (κ1) is 15.1. The van der Waals surface area contributed by atoms with Gasteiger partial charge in [0.05, 0.1) is 12.0 Å². The SMILES string of the molecule is CC1CCN(C(=O)NC2CCCC(C(=O)O)C2)CC1O. The van der Waals surface area contributed by atoms with Gasteiger partial charge in [-0.05, 0) is 31.6 Å². The van der Waals surface area contributed by atoms with Gasteiger partial charge < -0.3 is 20.4 Å². The molecule has 1 aliphatic carbocycles. The number of piperidine rings is 1. The van der Waals surface area contributed by atoms with Gasteiger partial charge in [0.25, 0.3) is 0 Å². The molecule has 2 aliphatic rings. The second-order valence-electron chi connectivity index (χ2n) is 6.13. The Balaban J connectivity index is 1.83. The number of rotatable bonds is 2. The Morgan fingerprint density at radius 2 is 2.00 bits per heavy atom. The van der Waals surface area contributed by atoms with Crippen LogP contribution in [0.3, 0.4) is 0 Å². The third-order valence-corrected chi connectivity index (χ3v) is 4.56. The summed E-state index contributed by atoms with van der Waals surface area (Å²) in [7, 11) is 0. The first-order valence-corrected chi connectivity index (χ1v) is 7.43. The van der Waals surface area contributed by atoms with Crippen LogP contribution in [0.1, 0.15) is 39.0 Å². The highest BCUT2D eigenvalue weighted by Crippen LogP contribution is 2.25. The average molecular weight is 284 g/mol. The minimum Gasteiger partial charge on any atom is -0.481 e. The molecule has 1 aliphatic heterocycles. The molecule has 114 valence electrons. The van der Waals surface area contributed by atoms with Crippen LogP contribution < -0.4 is 5.32 Å². The molecule has 6 heteroatoms. The highest BCUT2D eigenvalue weighted by molar-refractivity contribution is 5.75. The lowest BCUT2D eigenvalue weighted by Crippen LogP contribution is -2.52. The quantitative estimate of drug-likeness (QED) is 0.707. The topological polar surface area (TPSA) is 89.9 Å². The van der Waals surface area contributed by atoms with Gasteiger partial charge in [-0.2, -0.15) is 0 Å². The normalized spacial score (nSPS) is 34.6. The van der Waals surface area contributed by atoms with Gasteiger partial charge in [0.1, 0.15) is 0 Å². The molecule has 0 aromatic heterocycles. The number of urea groups is 1. The second kappa shape index (κ2) is 6.43. The number of carbonyl (C=O) groups excluding carboxylic acids is 1. The summed E-state index contributed by atoms with van der Waals surface area (Å²) < 4.78 is 0. The lowest BCUT2D eigenvalue weighted by Gasteiger charge is -2.36. The van der Waals surface area contributed by atoms with Crippen molar-refractivity contribution in [2.45, 2.75) is 51.2 Å². The zero-order valence-electron chi connectivity index (χ0n) is 11.9. The molecular formula is C14H24N2O4. The van der Waals surface area contributed by atoms with E-state index in [2.05, 4.69) is 5.32 Å². The van der Waals surface area contributed by atoms with Crippen LogP contribution >= 0.6 is 0 Å². The molecule has 4 atom stereocenters. The van der Waals surface area contributed by atoms with Crippen LogP contribution in [-0.4, -0.2) is 52.3 Å². The summed E-state index contributed by atoms with van der Waals surface area (Å²) in [4.78, 5) is 24.8. The fraction of sp³-hybridized carbons (Fsp3) is 0.857. The van der Waals surface area contributed by atoms with Crippen molar-refractivity contribution in [1.29, 1.82) is 0 Å². The molecule has 4 unspecified atom stereocenters. The van der Waals surface area contributed by atoms with E-state index in [1.165, 1.54) is 0 Å². The lowest BCUT2D eigenvalue weighted by molar-refractivity contribution is -0.143. The van der Waals surface area contributed by atoms with E-state index in [9.17, 15) is 14.7 Å². The van der Waals surface area contributed by atoms with Gasteiger partial charge in [0, 0.05) is 19.1 Å². The standard InChI is InChI=1S/C14H24N2O4/c1-9-5-6-16(8-12(9)17)14(20)15-11-4-2-3-10(7-11)13(18)19/h9-12,17H,2-8H2,1H3,(H,15,20)(H,18,19). The number of aliphatic carboxylic acids is 1. The molecule has 6 nitrogen and oxygen atoms in total. The van der Waals surface area contributed by atoms with Crippen LogP contribution in [0.2, 0.25) is 0 Å². The zero-order valence-corrected chi connectivity index (χ0v) is 11.9. The average Bonchev–Trinajstić information content (AvgIpc) is 2.42. The Bertz CT molecular complexity index is 374. The molecule has 20 heavy (non-hydrogen) atoms. The Hall–Kier alpha value is -1.30. The number of hydrogen-bond acceptors (Lipinski definition) is 3. The zero-order chi connectivity index (χ0) is 14.7. The Kier molecular flexibility index (Phi) is 4.86. The summed E-state index contributed by atoms with van der Waals surface area (Å²) >= 11 is 0.